The molecule has 3 amide bonds. The molecule has 0 radical (unpaired) electrons. The summed E-state index contributed by atoms with van der Waals surface area (Å²) in [5.74, 6) is -0.968. The van der Waals surface area contributed by atoms with E-state index in [4.69, 9.17) is 5.11 Å². The summed E-state index contributed by atoms with van der Waals surface area (Å²) in [6.45, 7) is 1.62. The van der Waals surface area contributed by atoms with Crippen molar-refractivity contribution < 1.29 is 32.7 Å². The van der Waals surface area contributed by atoms with Gasteiger partial charge in [0.25, 0.3) is 5.91 Å². The van der Waals surface area contributed by atoms with Crippen molar-refractivity contribution in [3.63, 3.8) is 0 Å². The fourth-order valence-electron chi connectivity index (χ4n) is 5.18. The minimum absolute atomic E-state index is 0.00423. The van der Waals surface area contributed by atoms with Crippen molar-refractivity contribution in [2.75, 3.05) is 16.8 Å². The summed E-state index contributed by atoms with van der Waals surface area (Å²) in [6, 6.07) is 17.0. The predicted molar refractivity (Wildman–Crippen MR) is 155 cm³/mol. The van der Waals surface area contributed by atoms with Crippen LogP contribution in [0.4, 0.5) is 29.3 Å². The molecule has 0 aromatic heterocycles. The number of aryl methyl sites for hydroxylation is 1. The minimum atomic E-state index is -4.55. The zero-order valence-corrected chi connectivity index (χ0v) is 23.3. The third-order valence-electron chi connectivity index (χ3n) is 7.36. The first-order valence-corrected chi connectivity index (χ1v) is 14.0. The lowest BCUT2D eigenvalue weighted by Gasteiger charge is -2.26. The van der Waals surface area contributed by atoms with E-state index in [1.165, 1.54) is 42.7 Å². The molecule has 7 nitrogen and oxygen atoms in total. The Morgan fingerprint density at radius 3 is 2.21 bits per heavy atom. The van der Waals surface area contributed by atoms with Gasteiger partial charge in [0.15, 0.2) is 0 Å². The van der Waals surface area contributed by atoms with E-state index >= 15 is 0 Å². The van der Waals surface area contributed by atoms with Crippen LogP contribution in [0.2, 0.25) is 0 Å². The van der Waals surface area contributed by atoms with E-state index in [0.717, 1.165) is 25.0 Å². The highest BCUT2D eigenvalue weighted by Gasteiger charge is 2.31. The van der Waals surface area contributed by atoms with Crippen LogP contribution in [0.5, 0.6) is 0 Å². The highest BCUT2D eigenvalue weighted by atomic mass is 19.4. The zero-order valence-electron chi connectivity index (χ0n) is 23.3. The summed E-state index contributed by atoms with van der Waals surface area (Å²) in [7, 11) is 0. The first-order valence-electron chi connectivity index (χ1n) is 14.0. The molecule has 0 saturated heterocycles. The Hall–Kier alpha value is -4.34. The van der Waals surface area contributed by atoms with Crippen molar-refractivity contribution in [2.24, 2.45) is 0 Å². The number of amides is 3. The Morgan fingerprint density at radius 2 is 1.60 bits per heavy atom. The molecule has 0 bridgehead atoms. The topological polar surface area (TPSA) is 98.7 Å². The molecular formula is C32H34F3N3O4. The molecule has 0 spiro atoms. The number of carbonyl (C=O) groups is 3. The van der Waals surface area contributed by atoms with E-state index in [1.807, 2.05) is 24.3 Å². The van der Waals surface area contributed by atoms with E-state index in [1.54, 1.807) is 24.3 Å². The van der Waals surface area contributed by atoms with Gasteiger partial charge in [0.1, 0.15) is 0 Å². The summed E-state index contributed by atoms with van der Waals surface area (Å²) in [5, 5.41) is 13.9. The van der Waals surface area contributed by atoms with Crippen LogP contribution in [-0.2, 0) is 17.5 Å². The number of hydrogen-bond donors (Lipinski definition) is 3. The summed E-state index contributed by atoms with van der Waals surface area (Å²) >= 11 is 0. The molecule has 3 aromatic rings. The Labute approximate surface area is 242 Å². The smallest absolute Gasteiger partial charge is 0.416 e. The van der Waals surface area contributed by atoms with Crippen LogP contribution >= 0.6 is 0 Å². The predicted octanol–water partition coefficient (Wildman–Crippen LogP) is 7.50. The second kappa shape index (κ2) is 13.5. The molecule has 4 rings (SSSR count). The van der Waals surface area contributed by atoms with Gasteiger partial charge in [-0.2, -0.15) is 13.2 Å². The number of hydrogen-bond acceptors (Lipinski definition) is 3. The molecule has 0 heterocycles. The largest absolute Gasteiger partial charge is 0.481 e. The Morgan fingerprint density at radius 1 is 0.929 bits per heavy atom. The van der Waals surface area contributed by atoms with Gasteiger partial charge in [0, 0.05) is 23.5 Å². The van der Waals surface area contributed by atoms with E-state index in [2.05, 4.69) is 10.6 Å². The fraction of sp³-hybridized carbons (Fsp3) is 0.344. The SMILES string of the molecule is Cc1cc(NC(=O)N(Cc2ccc(C(=O)NCCC(=O)O)cc2)c2ccc(C3CCCCC3)cc2)cc(C(F)(F)F)c1. The minimum Gasteiger partial charge on any atom is -0.481 e. The zero-order chi connectivity index (χ0) is 30.3. The van der Waals surface area contributed by atoms with Crippen LogP contribution in [0.3, 0.4) is 0 Å². The number of carboxylic acid groups (broad SMARTS) is 1. The molecule has 0 aliphatic heterocycles. The maximum atomic E-state index is 13.5. The van der Waals surface area contributed by atoms with Crippen LogP contribution in [-0.4, -0.2) is 29.6 Å². The number of halogens is 3. The molecule has 42 heavy (non-hydrogen) atoms. The van der Waals surface area contributed by atoms with E-state index in [9.17, 15) is 27.6 Å². The fourth-order valence-corrected chi connectivity index (χ4v) is 5.18. The van der Waals surface area contributed by atoms with Crippen molar-refractivity contribution in [2.45, 2.75) is 64.1 Å². The Balaban J connectivity index is 1.56. The van der Waals surface area contributed by atoms with Gasteiger partial charge in [-0.15, -0.1) is 0 Å². The number of nitrogens with one attached hydrogen (secondary N) is 2. The molecular weight excluding hydrogens is 547 g/mol. The van der Waals surface area contributed by atoms with Crippen LogP contribution in [0, 0.1) is 6.92 Å². The van der Waals surface area contributed by atoms with Gasteiger partial charge < -0.3 is 15.7 Å². The monoisotopic (exact) mass is 581 g/mol. The maximum Gasteiger partial charge on any atom is 0.416 e. The summed E-state index contributed by atoms with van der Waals surface area (Å²) in [4.78, 5) is 38.0. The van der Waals surface area contributed by atoms with Crippen molar-refractivity contribution in [3.8, 4) is 0 Å². The van der Waals surface area contributed by atoms with Gasteiger partial charge in [0.05, 0.1) is 18.5 Å². The van der Waals surface area contributed by atoms with Gasteiger partial charge in [-0.05, 0) is 84.8 Å². The second-order valence-corrected chi connectivity index (χ2v) is 10.6. The first-order chi connectivity index (χ1) is 20.0. The second-order valence-electron chi connectivity index (χ2n) is 10.6. The normalized spacial score (nSPS) is 13.8. The molecule has 3 N–H and O–H groups in total. The number of benzene rings is 3. The first kappa shape index (κ1) is 30.6. The number of anilines is 2. The number of nitrogens with zero attached hydrogens (tertiary/aromatic N) is 1. The van der Waals surface area contributed by atoms with Gasteiger partial charge in [-0.1, -0.05) is 43.5 Å². The van der Waals surface area contributed by atoms with Crippen LogP contribution < -0.4 is 15.5 Å². The van der Waals surface area contributed by atoms with E-state index in [-0.39, 0.29) is 25.2 Å². The highest BCUT2D eigenvalue weighted by molar-refractivity contribution is 6.02. The number of urea groups is 1. The van der Waals surface area contributed by atoms with Crippen LogP contribution in [0.1, 0.15) is 77.1 Å². The maximum absolute atomic E-state index is 13.5. The lowest BCUT2D eigenvalue weighted by atomic mass is 9.84. The Bertz CT molecular complexity index is 1400. The van der Waals surface area contributed by atoms with Crippen molar-refractivity contribution in [1.29, 1.82) is 0 Å². The lowest BCUT2D eigenvalue weighted by molar-refractivity contribution is -0.138. The quantitative estimate of drug-likeness (QED) is 0.244. The molecule has 1 aliphatic carbocycles. The van der Waals surface area contributed by atoms with Gasteiger partial charge >= 0.3 is 18.2 Å². The van der Waals surface area contributed by atoms with Gasteiger partial charge in [-0.25, -0.2) is 4.79 Å². The van der Waals surface area contributed by atoms with Crippen molar-refractivity contribution in [1.82, 2.24) is 5.32 Å². The molecule has 10 heteroatoms. The average Bonchev–Trinajstić information content (AvgIpc) is 2.96. The Kier molecular flexibility index (Phi) is 9.88. The standard InChI is InChI=1S/C32H34F3N3O4/c1-21-17-26(32(33,34)35)19-27(18-21)37-31(42)38(28-13-11-24(12-14-28)23-5-3-2-4-6-23)20-22-7-9-25(10-8-22)30(41)36-16-15-29(39)40/h7-14,17-19,23H,2-6,15-16,20H2,1H3,(H,36,41)(H,37,42)(H,39,40). The van der Waals surface area contributed by atoms with Crippen molar-refractivity contribution in [3.05, 3.63) is 94.5 Å². The molecule has 3 aromatic carbocycles. The molecule has 0 atom stereocenters. The molecule has 1 aliphatic rings. The van der Waals surface area contributed by atoms with E-state index < -0.39 is 29.6 Å². The van der Waals surface area contributed by atoms with Crippen LogP contribution in [0.15, 0.2) is 66.7 Å². The molecule has 1 fully saturated rings. The molecule has 1 saturated carbocycles. The summed E-state index contributed by atoms with van der Waals surface area (Å²) in [5.41, 5.74) is 2.33. The molecule has 0 unspecified atom stereocenters. The van der Waals surface area contributed by atoms with Gasteiger partial charge in [-0.3, -0.25) is 14.5 Å². The third-order valence-corrected chi connectivity index (χ3v) is 7.36. The highest BCUT2D eigenvalue weighted by Crippen LogP contribution is 2.34. The van der Waals surface area contributed by atoms with E-state index in [0.29, 0.717) is 28.3 Å². The lowest BCUT2D eigenvalue weighted by Crippen LogP contribution is -2.34. The number of carbonyl (C=O) groups excluding carboxylic acids is 2. The average molecular weight is 582 g/mol. The van der Waals surface area contributed by atoms with Gasteiger partial charge in [0.2, 0.25) is 0 Å². The number of aliphatic carboxylic acids is 1. The molecule has 222 valence electrons. The number of alkyl halides is 3. The summed E-state index contributed by atoms with van der Waals surface area (Å²) < 4.78 is 40.2. The third kappa shape index (κ3) is 8.34. The van der Waals surface area contributed by atoms with Crippen molar-refractivity contribution >= 4 is 29.3 Å². The number of rotatable bonds is 9. The summed E-state index contributed by atoms with van der Waals surface area (Å²) in [6.07, 6.45) is 1.10. The van der Waals surface area contributed by atoms with Crippen LogP contribution in [0.25, 0.3) is 0 Å². The number of carboxylic acids is 1.